The summed E-state index contributed by atoms with van der Waals surface area (Å²) in [6.45, 7) is 8.96. The van der Waals surface area contributed by atoms with Crippen molar-refractivity contribution in [1.29, 1.82) is 0 Å². The lowest BCUT2D eigenvalue weighted by Crippen LogP contribution is -2.69. The predicted octanol–water partition coefficient (Wildman–Crippen LogP) is 7.59. The van der Waals surface area contributed by atoms with E-state index in [4.69, 9.17) is 33.7 Å². The van der Waals surface area contributed by atoms with Gasteiger partial charge in [0, 0.05) is 43.7 Å². The van der Waals surface area contributed by atoms with Crippen molar-refractivity contribution in [1.82, 2.24) is 4.90 Å². The first-order valence-corrected chi connectivity index (χ1v) is 20.1. The SMILES string of the molecule is C=CCOc1ccc2c(c1)C1C(CCCCO)C(CCCCO)C=C3C(=NOCc4ccccc4)CC(N(C)C(=O)c4ccc5c(c4)OCO5)C(OCC=C)(O2)C31. The summed E-state index contributed by atoms with van der Waals surface area (Å²) in [5, 5.41) is 24.6. The highest BCUT2D eigenvalue weighted by molar-refractivity contribution is 6.03. The number of benzene rings is 3. The molecule has 302 valence electrons. The third-order valence-electron chi connectivity index (χ3n) is 11.7. The lowest BCUT2D eigenvalue weighted by molar-refractivity contribution is -0.252. The molecule has 3 aromatic rings. The minimum Gasteiger partial charge on any atom is -0.490 e. The summed E-state index contributed by atoms with van der Waals surface area (Å²) in [6, 6.07) is 20.3. The Bertz CT molecular complexity index is 1950. The Morgan fingerprint density at radius 3 is 2.46 bits per heavy atom. The van der Waals surface area contributed by atoms with Crippen molar-refractivity contribution in [2.45, 2.75) is 69.3 Å². The molecular formula is C46H54N2O9. The Morgan fingerprint density at radius 2 is 1.68 bits per heavy atom. The summed E-state index contributed by atoms with van der Waals surface area (Å²) in [4.78, 5) is 22.5. The molecule has 2 aliphatic carbocycles. The van der Waals surface area contributed by atoms with Crippen molar-refractivity contribution in [2.75, 3.05) is 40.3 Å². The number of hydrogen-bond acceptors (Lipinski definition) is 10. The van der Waals surface area contributed by atoms with Gasteiger partial charge in [-0.05, 0) is 85.1 Å². The van der Waals surface area contributed by atoms with Crippen LogP contribution in [0.5, 0.6) is 23.0 Å². The molecule has 6 atom stereocenters. The van der Waals surface area contributed by atoms with E-state index in [-0.39, 0.29) is 63.3 Å². The van der Waals surface area contributed by atoms with Gasteiger partial charge in [0.1, 0.15) is 30.8 Å². The molecule has 0 spiro atoms. The summed E-state index contributed by atoms with van der Waals surface area (Å²) in [7, 11) is 1.78. The summed E-state index contributed by atoms with van der Waals surface area (Å²) in [5.74, 6) is 0.442. The van der Waals surface area contributed by atoms with Crippen LogP contribution < -0.4 is 18.9 Å². The van der Waals surface area contributed by atoms with Crippen LogP contribution in [0.15, 0.2) is 109 Å². The van der Waals surface area contributed by atoms with Crippen molar-refractivity contribution in [3.63, 3.8) is 0 Å². The number of hydrogen-bond donors (Lipinski definition) is 2. The second-order valence-electron chi connectivity index (χ2n) is 15.1. The molecule has 2 aliphatic heterocycles. The molecule has 2 N–H and O–H groups in total. The number of unbranched alkanes of at least 4 members (excludes halogenated alkanes) is 2. The minimum absolute atomic E-state index is 0.0908. The zero-order valence-corrected chi connectivity index (χ0v) is 32.7. The van der Waals surface area contributed by atoms with Gasteiger partial charge in [0.25, 0.3) is 5.91 Å². The molecule has 0 aromatic heterocycles. The van der Waals surface area contributed by atoms with E-state index < -0.39 is 17.7 Å². The number of ether oxygens (including phenoxy) is 5. The van der Waals surface area contributed by atoms with E-state index in [0.29, 0.717) is 48.0 Å². The van der Waals surface area contributed by atoms with Gasteiger partial charge in [-0.3, -0.25) is 4.79 Å². The smallest absolute Gasteiger partial charge is 0.254 e. The lowest BCUT2D eigenvalue weighted by Gasteiger charge is -2.59. The van der Waals surface area contributed by atoms with Crippen molar-refractivity contribution in [3.05, 3.63) is 120 Å². The summed E-state index contributed by atoms with van der Waals surface area (Å²) in [6.07, 6.45) is 10.8. The highest BCUT2D eigenvalue weighted by Gasteiger charge is 2.65. The van der Waals surface area contributed by atoms with Crippen LogP contribution in [0.25, 0.3) is 0 Å². The van der Waals surface area contributed by atoms with E-state index in [1.54, 1.807) is 42.3 Å². The Hall–Kier alpha value is -5.10. The van der Waals surface area contributed by atoms with Crippen LogP contribution in [0.3, 0.4) is 0 Å². The van der Waals surface area contributed by atoms with Gasteiger partial charge >= 0.3 is 0 Å². The normalized spacial score (nSPS) is 24.7. The molecule has 57 heavy (non-hydrogen) atoms. The summed E-state index contributed by atoms with van der Waals surface area (Å²) < 4.78 is 31.5. The van der Waals surface area contributed by atoms with Gasteiger partial charge in [0.2, 0.25) is 12.6 Å². The molecular weight excluding hydrogens is 725 g/mol. The molecule has 0 radical (unpaired) electrons. The molecule has 6 unspecified atom stereocenters. The number of oxime groups is 1. The highest BCUT2D eigenvalue weighted by Crippen LogP contribution is 2.62. The third kappa shape index (κ3) is 8.33. The van der Waals surface area contributed by atoms with E-state index in [0.717, 1.165) is 48.1 Å². The van der Waals surface area contributed by atoms with Gasteiger partial charge in [-0.15, -0.1) is 6.58 Å². The predicted molar refractivity (Wildman–Crippen MR) is 217 cm³/mol. The Labute approximate surface area is 335 Å². The van der Waals surface area contributed by atoms with Crippen LogP contribution >= 0.6 is 0 Å². The molecule has 11 heteroatoms. The summed E-state index contributed by atoms with van der Waals surface area (Å²) in [5.41, 5.74) is 4.10. The number of fused-ring (bicyclic) bond motifs is 3. The van der Waals surface area contributed by atoms with Gasteiger partial charge in [-0.2, -0.15) is 0 Å². The van der Waals surface area contributed by atoms with E-state index in [1.807, 2.05) is 42.5 Å². The van der Waals surface area contributed by atoms with Crippen molar-refractivity contribution >= 4 is 11.6 Å². The molecule has 1 fully saturated rings. The zero-order valence-electron chi connectivity index (χ0n) is 32.7. The van der Waals surface area contributed by atoms with Crippen molar-refractivity contribution in [2.24, 2.45) is 22.9 Å². The largest absolute Gasteiger partial charge is 0.490 e. The number of nitrogens with zero attached hydrogens (tertiary/aromatic N) is 2. The van der Waals surface area contributed by atoms with E-state index in [2.05, 4.69) is 25.3 Å². The van der Waals surface area contributed by atoms with Gasteiger partial charge in [0.15, 0.2) is 11.5 Å². The highest BCUT2D eigenvalue weighted by atomic mass is 16.7. The van der Waals surface area contributed by atoms with Crippen LogP contribution in [0.2, 0.25) is 0 Å². The van der Waals surface area contributed by atoms with Crippen LogP contribution in [0, 0.1) is 17.8 Å². The molecule has 2 heterocycles. The topological polar surface area (TPSA) is 129 Å². The van der Waals surface area contributed by atoms with Crippen LogP contribution in [-0.2, 0) is 16.2 Å². The first-order valence-electron chi connectivity index (χ1n) is 20.1. The van der Waals surface area contributed by atoms with Crippen LogP contribution in [0.4, 0.5) is 0 Å². The monoisotopic (exact) mass is 778 g/mol. The zero-order chi connectivity index (χ0) is 39.8. The average molecular weight is 779 g/mol. The average Bonchev–Trinajstić information content (AvgIpc) is 3.72. The fourth-order valence-corrected chi connectivity index (χ4v) is 9.11. The fraction of sp³-hybridized carbons (Fsp3) is 0.435. The first kappa shape index (κ1) is 40.1. The number of carbonyl (C=O) groups is 1. The van der Waals surface area contributed by atoms with Gasteiger partial charge < -0.3 is 43.6 Å². The fourth-order valence-electron chi connectivity index (χ4n) is 9.11. The maximum Gasteiger partial charge on any atom is 0.254 e. The second kappa shape index (κ2) is 18.4. The molecule has 4 aliphatic rings. The maximum absolute atomic E-state index is 14.7. The maximum atomic E-state index is 14.7. The minimum atomic E-state index is -1.37. The van der Waals surface area contributed by atoms with Crippen molar-refractivity contribution < 1.29 is 43.5 Å². The molecule has 0 bridgehead atoms. The first-order chi connectivity index (χ1) is 27.9. The van der Waals surface area contributed by atoms with E-state index in [9.17, 15) is 15.0 Å². The third-order valence-corrected chi connectivity index (χ3v) is 11.7. The van der Waals surface area contributed by atoms with Crippen LogP contribution in [-0.4, -0.2) is 78.8 Å². The number of aliphatic hydroxyl groups is 2. The Morgan fingerprint density at radius 1 is 0.930 bits per heavy atom. The van der Waals surface area contributed by atoms with Crippen LogP contribution in [0.1, 0.15) is 72.3 Å². The number of aliphatic hydroxyl groups excluding tert-OH is 2. The van der Waals surface area contributed by atoms with Gasteiger partial charge in [-0.1, -0.05) is 73.1 Å². The number of amides is 1. The number of likely N-dealkylation sites (N-methyl/N-ethyl adjacent to an activating group) is 1. The Kier molecular flexibility index (Phi) is 13.0. The quantitative estimate of drug-likeness (QED) is 0.0719. The number of rotatable bonds is 19. The second-order valence-corrected chi connectivity index (χ2v) is 15.1. The van der Waals surface area contributed by atoms with Crippen molar-refractivity contribution in [3.8, 4) is 23.0 Å². The lowest BCUT2D eigenvalue weighted by atomic mass is 9.55. The molecule has 1 saturated carbocycles. The van der Waals surface area contributed by atoms with Gasteiger partial charge in [-0.25, -0.2) is 0 Å². The van der Waals surface area contributed by atoms with Gasteiger partial charge in [0.05, 0.1) is 18.2 Å². The standard InChI is InChI=1S/C46H54N2O9/c1-4-23-52-34-18-20-39-37(27-34)43-35(16-10-12-22-50)32(15-9-11-21-49)25-36-38(47-56-29-31-13-7-6-8-14-31)28-42(46(57-39,44(36)43)55-24-5-2)48(3)45(51)33-17-19-40-41(26-33)54-30-53-40/h4-8,13-14,17-20,25-27,32,35,42-44,49-50H,1-2,9-12,15-16,21-24,28-30H2,3H3. The van der Waals surface area contributed by atoms with E-state index in [1.165, 1.54) is 0 Å². The Balaban J connectivity index is 1.41. The summed E-state index contributed by atoms with van der Waals surface area (Å²) >= 11 is 0. The molecule has 3 aromatic carbocycles. The van der Waals surface area contributed by atoms with E-state index >= 15 is 0 Å². The molecule has 7 rings (SSSR count). The molecule has 0 saturated heterocycles. The number of carbonyl (C=O) groups excluding carboxylic acids is 1. The molecule has 11 nitrogen and oxygen atoms in total. The number of allylic oxidation sites excluding steroid dienone is 1. The molecule has 1 amide bonds.